The highest BCUT2D eigenvalue weighted by atomic mass is 16.7. The van der Waals surface area contributed by atoms with Gasteiger partial charge in [-0.3, -0.25) is 14.4 Å². The van der Waals surface area contributed by atoms with Crippen LogP contribution in [0.15, 0.2) is 0 Å². The molecular formula is C49H88O25. The summed E-state index contributed by atoms with van der Waals surface area (Å²) in [6.07, 6.45) is -27.3. The van der Waals surface area contributed by atoms with E-state index < -0.39 is 186 Å². The molecule has 3 saturated heterocycles. The molecule has 0 aromatic carbocycles. The van der Waals surface area contributed by atoms with Crippen molar-refractivity contribution in [1.82, 2.24) is 0 Å². The third-order valence-electron chi connectivity index (χ3n) is 13.5. The van der Waals surface area contributed by atoms with Crippen LogP contribution in [0.2, 0.25) is 0 Å². The number of aliphatic hydroxyl groups excluding tert-OH is 13. The standard InChI is InChI=1S/C49H88O25/c1-5-8-11-14-26(53)17-29(69-47-44(63)41(60)38(57)32(23-50)72-47)21-36(55)67-28(16-13-10-7-3)19-31(71-49-46(65)43(62)40(59)34(25-52)74-49)22-37(56)68-27(15-12-9-6-2)18-30(20-35(54)66-4)70-48-45(64)42(61)39(58)33(24-51)73-48/h26-34,38-53,57-65H,5-25H2,1-4H3. The van der Waals surface area contributed by atoms with Gasteiger partial charge in [0.25, 0.3) is 0 Å². The molecule has 3 rings (SSSR count). The van der Waals surface area contributed by atoms with Gasteiger partial charge in [-0.05, 0) is 32.1 Å². The predicted octanol–water partition coefficient (Wildman–Crippen LogP) is -2.02. The van der Waals surface area contributed by atoms with Gasteiger partial charge in [-0.2, -0.15) is 0 Å². The maximum atomic E-state index is 14.2. The maximum absolute atomic E-state index is 14.2. The lowest BCUT2D eigenvalue weighted by Crippen LogP contribution is -2.60. The van der Waals surface area contributed by atoms with E-state index in [1.165, 1.54) is 0 Å². The summed E-state index contributed by atoms with van der Waals surface area (Å²) < 4.78 is 51.7. The second-order valence-corrected chi connectivity index (χ2v) is 19.6. The molecule has 0 bridgehead atoms. The lowest BCUT2D eigenvalue weighted by Gasteiger charge is -2.41. The summed E-state index contributed by atoms with van der Waals surface area (Å²) in [5, 5.41) is 136. The van der Waals surface area contributed by atoms with E-state index in [1.807, 2.05) is 20.8 Å². The van der Waals surface area contributed by atoms with Crippen LogP contribution >= 0.6 is 0 Å². The Hall–Kier alpha value is -2.35. The quantitative estimate of drug-likeness (QED) is 0.0185. The molecule has 3 aliphatic heterocycles. The smallest absolute Gasteiger partial charge is 0.308 e. The van der Waals surface area contributed by atoms with Crippen LogP contribution in [0.25, 0.3) is 0 Å². The molecule has 3 aliphatic rings. The molecule has 0 aliphatic carbocycles. The van der Waals surface area contributed by atoms with Gasteiger partial charge >= 0.3 is 17.9 Å². The van der Waals surface area contributed by atoms with Gasteiger partial charge in [0, 0.05) is 19.3 Å². The van der Waals surface area contributed by atoms with E-state index in [4.69, 9.17) is 42.6 Å². The van der Waals surface area contributed by atoms with Gasteiger partial charge in [-0.25, -0.2) is 0 Å². The molecule has 74 heavy (non-hydrogen) atoms. The molecule has 0 aromatic rings. The summed E-state index contributed by atoms with van der Waals surface area (Å²) in [5.41, 5.74) is 0. The van der Waals surface area contributed by atoms with Crippen molar-refractivity contribution in [2.24, 2.45) is 0 Å². The van der Waals surface area contributed by atoms with Crippen LogP contribution in [0.3, 0.4) is 0 Å². The fraction of sp³-hybridized carbons (Fsp3) is 0.939. The van der Waals surface area contributed by atoms with Gasteiger partial charge in [0.1, 0.15) is 85.5 Å². The van der Waals surface area contributed by atoms with Gasteiger partial charge in [-0.1, -0.05) is 65.7 Å². The topological polar surface area (TPSA) is 397 Å². The number of methoxy groups -OCH3 is 1. The number of ether oxygens (including phenoxy) is 9. The minimum atomic E-state index is -1.91. The van der Waals surface area contributed by atoms with Crippen LogP contribution in [-0.4, -0.2) is 240 Å². The Morgan fingerprint density at radius 3 is 1.04 bits per heavy atom. The molecule has 0 spiro atoms. The first-order valence-electron chi connectivity index (χ1n) is 26.3. The lowest BCUT2D eigenvalue weighted by molar-refractivity contribution is -0.313. The number of rotatable bonds is 35. The van der Waals surface area contributed by atoms with Crippen molar-refractivity contribution < 1.29 is 123 Å². The Kier molecular flexibility index (Phi) is 30.8. The summed E-state index contributed by atoms with van der Waals surface area (Å²) in [6.45, 7) is 3.57. The number of carbonyl (C=O) groups excluding carboxylic acids is 3. The second kappa shape index (κ2) is 34.5. The fourth-order valence-electron chi connectivity index (χ4n) is 9.11. The van der Waals surface area contributed by atoms with Crippen molar-refractivity contribution in [1.29, 1.82) is 0 Å². The molecule has 0 aromatic heterocycles. The first-order chi connectivity index (χ1) is 35.2. The molecular weight excluding hydrogens is 989 g/mol. The average Bonchev–Trinajstić information content (AvgIpc) is 3.36. The van der Waals surface area contributed by atoms with Crippen LogP contribution in [0.5, 0.6) is 0 Å². The number of carbonyl (C=O) groups is 3. The predicted molar refractivity (Wildman–Crippen MR) is 254 cm³/mol. The third kappa shape index (κ3) is 21.1. The molecule has 13 N–H and O–H groups in total. The van der Waals surface area contributed by atoms with Gasteiger partial charge in [0.05, 0.1) is 70.6 Å². The van der Waals surface area contributed by atoms with E-state index in [1.54, 1.807) is 0 Å². The Morgan fingerprint density at radius 1 is 0.419 bits per heavy atom. The largest absolute Gasteiger partial charge is 0.469 e. The van der Waals surface area contributed by atoms with Gasteiger partial charge in [0.2, 0.25) is 0 Å². The minimum absolute atomic E-state index is 0.156. The van der Waals surface area contributed by atoms with Crippen molar-refractivity contribution >= 4 is 17.9 Å². The van der Waals surface area contributed by atoms with Gasteiger partial charge < -0.3 is 109 Å². The fourth-order valence-corrected chi connectivity index (χ4v) is 9.11. The van der Waals surface area contributed by atoms with Gasteiger partial charge in [-0.15, -0.1) is 0 Å². The van der Waals surface area contributed by atoms with Crippen molar-refractivity contribution in [2.45, 2.75) is 265 Å². The highest BCUT2D eigenvalue weighted by molar-refractivity contribution is 5.71. The minimum Gasteiger partial charge on any atom is -0.469 e. The van der Waals surface area contributed by atoms with E-state index in [9.17, 15) is 80.8 Å². The third-order valence-corrected chi connectivity index (χ3v) is 13.5. The summed E-state index contributed by atoms with van der Waals surface area (Å²) in [4.78, 5) is 40.8. The molecule has 3 heterocycles. The molecule has 0 radical (unpaired) electrons. The molecule has 25 nitrogen and oxygen atoms in total. The van der Waals surface area contributed by atoms with Crippen LogP contribution in [0.4, 0.5) is 0 Å². The Bertz CT molecular complexity index is 1560. The normalized spacial score (nSPS) is 33.0. The van der Waals surface area contributed by atoms with E-state index in [2.05, 4.69) is 0 Å². The Balaban J connectivity index is 1.95. The van der Waals surface area contributed by atoms with Crippen LogP contribution in [0, 0.1) is 0 Å². The lowest BCUT2D eigenvalue weighted by atomic mass is 9.98. The first kappa shape index (κ1) is 65.9. The average molecular weight is 1080 g/mol. The van der Waals surface area contributed by atoms with Crippen LogP contribution < -0.4 is 0 Å². The van der Waals surface area contributed by atoms with Crippen molar-refractivity contribution in [2.75, 3.05) is 26.9 Å². The molecule has 434 valence electrons. The number of aliphatic hydroxyl groups is 13. The monoisotopic (exact) mass is 1080 g/mol. The second-order valence-electron chi connectivity index (χ2n) is 19.6. The van der Waals surface area contributed by atoms with Crippen LogP contribution in [-0.2, 0) is 57.0 Å². The number of unbranched alkanes of at least 4 members (excludes halogenated alkanes) is 6. The zero-order valence-corrected chi connectivity index (χ0v) is 43.2. The molecule has 3 fully saturated rings. The summed E-state index contributed by atoms with van der Waals surface area (Å²) >= 11 is 0. The molecule has 21 atom stereocenters. The summed E-state index contributed by atoms with van der Waals surface area (Å²) in [5.74, 6) is -2.54. The highest BCUT2D eigenvalue weighted by Crippen LogP contribution is 2.31. The van der Waals surface area contributed by atoms with Crippen molar-refractivity contribution in [3.05, 3.63) is 0 Å². The Morgan fingerprint density at radius 2 is 0.730 bits per heavy atom. The zero-order chi connectivity index (χ0) is 55.1. The van der Waals surface area contributed by atoms with E-state index in [0.717, 1.165) is 32.8 Å². The van der Waals surface area contributed by atoms with Crippen molar-refractivity contribution in [3.8, 4) is 0 Å². The SMILES string of the molecule is CCCCCC(O)CC(CC(=O)OC(CCCCC)CC(CC(=O)OC(CCCCC)CC(CC(=O)OC)OC1OC(CO)C(O)C(O)C1O)OC1OC(CO)C(O)C(O)C1O)OC1OC(CO)C(O)C(O)C1O. The molecule has 0 amide bonds. The number of esters is 3. The van der Waals surface area contributed by atoms with Crippen molar-refractivity contribution in [3.63, 3.8) is 0 Å². The number of hydrogen-bond acceptors (Lipinski definition) is 25. The summed E-state index contributed by atoms with van der Waals surface area (Å²) in [7, 11) is 1.13. The molecule has 21 unspecified atom stereocenters. The first-order valence-corrected chi connectivity index (χ1v) is 26.3. The highest BCUT2D eigenvalue weighted by Gasteiger charge is 2.48. The molecule has 0 saturated carbocycles. The summed E-state index contributed by atoms with van der Waals surface area (Å²) in [6, 6.07) is 0. The maximum Gasteiger partial charge on any atom is 0.308 e. The zero-order valence-electron chi connectivity index (χ0n) is 43.2. The van der Waals surface area contributed by atoms with Crippen LogP contribution in [0.1, 0.15) is 136 Å². The Labute approximate surface area is 432 Å². The van der Waals surface area contributed by atoms with E-state index in [-0.39, 0.29) is 32.1 Å². The van der Waals surface area contributed by atoms with E-state index in [0.29, 0.717) is 38.5 Å². The van der Waals surface area contributed by atoms with Gasteiger partial charge in [0.15, 0.2) is 18.9 Å². The molecule has 25 heteroatoms. The number of hydrogen-bond donors (Lipinski definition) is 13. The van der Waals surface area contributed by atoms with E-state index >= 15 is 0 Å².